The normalized spacial score (nSPS) is 17.1. The van der Waals surface area contributed by atoms with Gasteiger partial charge in [-0.05, 0) is 44.4 Å². The van der Waals surface area contributed by atoms with E-state index in [2.05, 4.69) is 54.7 Å². The van der Waals surface area contributed by atoms with Crippen LogP contribution in [0.5, 0.6) is 0 Å². The number of hydrogen-bond donors (Lipinski definition) is 0. The molecule has 5 heteroatoms. The number of carbonyl (C=O) groups is 1. The summed E-state index contributed by atoms with van der Waals surface area (Å²) in [7, 11) is 0. The second-order valence-electron chi connectivity index (χ2n) is 3.58. The average molecular weight is 417 g/mol. The van der Waals surface area contributed by atoms with Gasteiger partial charge in [-0.15, -0.1) is 0 Å². The molecule has 0 aromatic rings. The van der Waals surface area contributed by atoms with Gasteiger partial charge in [0.05, 0.1) is 5.57 Å². The van der Waals surface area contributed by atoms with Crippen LogP contribution in [0.3, 0.4) is 0 Å². The van der Waals surface area contributed by atoms with Crippen LogP contribution in [-0.2, 0) is 9.53 Å². The number of carbonyl (C=O) groups excluding carboxylic acids is 1. The van der Waals surface area contributed by atoms with Crippen LogP contribution in [-0.4, -0.2) is 10.8 Å². The zero-order chi connectivity index (χ0) is 12.1. The lowest BCUT2D eigenvalue weighted by Gasteiger charge is -2.07. The molecule has 0 aromatic heterocycles. The molecule has 90 valence electrons. The zero-order valence-corrected chi connectivity index (χ0v) is 13.7. The number of esters is 1. The monoisotopic (exact) mass is 414 g/mol. The summed E-state index contributed by atoms with van der Waals surface area (Å²) in [4.78, 5) is 11.7. The molecule has 16 heavy (non-hydrogen) atoms. The summed E-state index contributed by atoms with van der Waals surface area (Å²) in [6.45, 7) is 2.16. The molecule has 1 atom stereocenters. The average Bonchev–Trinajstić information content (AvgIpc) is 2.61. The maximum Gasteiger partial charge on any atom is 0.340 e. The van der Waals surface area contributed by atoms with E-state index < -0.39 is 0 Å². The van der Waals surface area contributed by atoms with Crippen LogP contribution in [0.2, 0.25) is 0 Å². The van der Waals surface area contributed by atoms with Gasteiger partial charge < -0.3 is 4.74 Å². The van der Waals surface area contributed by atoms with Gasteiger partial charge in [0.2, 0.25) is 0 Å². The van der Waals surface area contributed by atoms with Gasteiger partial charge in [-0.25, -0.2) is 4.79 Å². The quantitative estimate of drug-likeness (QED) is 0.366. The molecule has 1 rings (SSSR count). The van der Waals surface area contributed by atoms with Crippen LogP contribution in [0, 0.1) is 0 Å². The molecule has 0 saturated heterocycles. The van der Waals surface area contributed by atoms with Crippen molar-refractivity contribution in [2.45, 2.75) is 37.4 Å². The van der Waals surface area contributed by atoms with Crippen LogP contribution >= 0.6 is 47.8 Å². The van der Waals surface area contributed by atoms with E-state index in [0.717, 1.165) is 12.8 Å². The first kappa shape index (κ1) is 14.5. The number of ether oxygens (including phenoxy) is 1. The summed E-state index contributed by atoms with van der Waals surface area (Å²) in [6.07, 6.45) is 6.22. The van der Waals surface area contributed by atoms with Gasteiger partial charge >= 0.3 is 5.97 Å². The van der Waals surface area contributed by atoms with E-state index in [9.17, 15) is 4.79 Å². The highest BCUT2D eigenvalue weighted by atomic mass is 79.9. The molecule has 0 radical (unpaired) electrons. The summed E-state index contributed by atoms with van der Waals surface area (Å²) in [5.74, 6) is 0.282. The fraction of sp³-hybridized carbons (Fsp3) is 0.545. The first-order chi connectivity index (χ1) is 7.56. The number of halogens is 3. The van der Waals surface area contributed by atoms with Crippen molar-refractivity contribution in [1.82, 2.24) is 0 Å². The summed E-state index contributed by atoms with van der Waals surface area (Å²) < 4.78 is 5.75. The lowest BCUT2D eigenvalue weighted by atomic mass is 10.1. The molecule has 0 saturated carbocycles. The summed E-state index contributed by atoms with van der Waals surface area (Å²) >= 11 is 9.99. The van der Waals surface area contributed by atoms with Gasteiger partial charge in [0.25, 0.3) is 0 Å². The SMILES string of the molecule is CCCCC[C@H](Br)C1=CC(=C(Br)Br)OC1=O. The molecule has 1 aliphatic rings. The van der Waals surface area contributed by atoms with Crippen molar-refractivity contribution in [2.75, 3.05) is 0 Å². The fourth-order valence-corrected chi connectivity index (χ4v) is 2.46. The van der Waals surface area contributed by atoms with E-state index in [4.69, 9.17) is 4.74 Å². The lowest BCUT2D eigenvalue weighted by Crippen LogP contribution is -2.10. The molecule has 0 bridgehead atoms. The van der Waals surface area contributed by atoms with E-state index in [1.165, 1.54) is 12.8 Å². The maximum atomic E-state index is 11.6. The van der Waals surface area contributed by atoms with Gasteiger partial charge in [0, 0.05) is 4.83 Å². The number of unbranched alkanes of at least 4 members (excludes halogenated alkanes) is 2. The zero-order valence-electron chi connectivity index (χ0n) is 8.93. The van der Waals surface area contributed by atoms with E-state index in [0.29, 0.717) is 14.7 Å². The Morgan fingerprint density at radius 3 is 2.62 bits per heavy atom. The number of cyclic esters (lactones) is 1. The summed E-state index contributed by atoms with van der Waals surface area (Å²) in [5.41, 5.74) is 0.697. The fourth-order valence-electron chi connectivity index (χ4n) is 1.43. The van der Waals surface area contributed by atoms with Crippen molar-refractivity contribution in [3.63, 3.8) is 0 Å². The minimum Gasteiger partial charge on any atom is -0.421 e. The van der Waals surface area contributed by atoms with E-state index >= 15 is 0 Å². The minimum absolute atomic E-state index is 0.0865. The third-order valence-electron chi connectivity index (χ3n) is 2.31. The number of rotatable bonds is 5. The highest BCUT2D eigenvalue weighted by molar-refractivity contribution is 9.28. The molecule has 1 aliphatic heterocycles. The van der Waals surface area contributed by atoms with E-state index in [-0.39, 0.29) is 10.8 Å². The van der Waals surface area contributed by atoms with Crippen LogP contribution in [0.1, 0.15) is 32.6 Å². The van der Waals surface area contributed by atoms with Crippen LogP contribution in [0.4, 0.5) is 0 Å². The molecule has 0 amide bonds. The Hall–Kier alpha value is 0.390. The third kappa shape index (κ3) is 4.00. The Morgan fingerprint density at radius 1 is 1.44 bits per heavy atom. The Kier molecular flexibility index (Phi) is 6.29. The highest BCUT2D eigenvalue weighted by Gasteiger charge is 2.27. The van der Waals surface area contributed by atoms with Gasteiger partial charge in [-0.3, -0.25) is 0 Å². The van der Waals surface area contributed by atoms with E-state index in [1.54, 1.807) is 6.08 Å². The van der Waals surface area contributed by atoms with Crippen molar-refractivity contribution in [3.05, 3.63) is 20.8 Å². The highest BCUT2D eigenvalue weighted by Crippen LogP contribution is 2.32. The molecule has 0 fully saturated rings. The lowest BCUT2D eigenvalue weighted by molar-refractivity contribution is -0.133. The molecular weight excluding hydrogens is 404 g/mol. The van der Waals surface area contributed by atoms with Gasteiger partial charge in [-0.1, -0.05) is 42.1 Å². The molecular formula is C11H13Br3O2. The molecule has 0 aliphatic carbocycles. The smallest absolute Gasteiger partial charge is 0.340 e. The van der Waals surface area contributed by atoms with Gasteiger partial charge in [-0.2, -0.15) is 0 Å². The van der Waals surface area contributed by atoms with Crippen molar-refractivity contribution in [1.29, 1.82) is 0 Å². The first-order valence-corrected chi connectivity index (χ1v) is 7.69. The van der Waals surface area contributed by atoms with E-state index in [1.807, 2.05) is 0 Å². The summed E-state index contributed by atoms with van der Waals surface area (Å²) in [5, 5.41) is 0. The van der Waals surface area contributed by atoms with Crippen LogP contribution in [0.25, 0.3) is 0 Å². The standard InChI is InChI=1S/C11H13Br3O2/c1-2-3-4-5-8(12)7-6-9(10(13)14)16-11(7)15/h6,8H,2-5H2,1H3/t8-/m0/s1. The van der Waals surface area contributed by atoms with Crippen molar-refractivity contribution in [3.8, 4) is 0 Å². The van der Waals surface area contributed by atoms with Crippen molar-refractivity contribution >= 4 is 53.8 Å². The second kappa shape index (κ2) is 6.97. The van der Waals surface area contributed by atoms with Gasteiger partial charge in [0.15, 0.2) is 5.76 Å². The predicted molar refractivity (Wildman–Crippen MR) is 75.9 cm³/mol. The first-order valence-electron chi connectivity index (χ1n) is 5.19. The molecule has 0 unspecified atom stereocenters. The van der Waals surface area contributed by atoms with Crippen LogP contribution in [0.15, 0.2) is 20.8 Å². The Labute approximate surface area is 121 Å². The number of hydrogen-bond acceptors (Lipinski definition) is 2. The minimum atomic E-state index is -0.259. The molecule has 1 heterocycles. The maximum absolute atomic E-state index is 11.6. The van der Waals surface area contributed by atoms with Gasteiger partial charge in [0.1, 0.15) is 3.39 Å². The Morgan fingerprint density at radius 2 is 2.12 bits per heavy atom. The van der Waals surface area contributed by atoms with Crippen molar-refractivity contribution < 1.29 is 9.53 Å². The second-order valence-corrected chi connectivity index (χ2v) is 7.33. The van der Waals surface area contributed by atoms with Crippen LogP contribution < -0.4 is 0 Å². The molecule has 0 spiro atoms. The predicted octanol–water partition coefficient (Wildman–Crippen LogP) is 4.77. The summed E-state index contributed by atoms with van der Waals surface area (Å²) in [6, 6.07) is 0. The third-order valence-corrected chi connectivity index (χ3v) is 4.04. The number of allylic oxidation sites excluding steroid dienone is 1. The van der Waals surface area contributed by atoms with Crippen molar-refractivity contribution in [2.24, 2.45) is 0 Å². The Bertz CT molecular complexity index is 330. The molecule has 0 aromatic carbocycles. The topological polar surface area (TPSA) is 26.3 Å². The Balaban J connectivity index is 2.62. The number of alkyl halides is 1. The largest absolute Gasteiger partial charge is 0.421 e. The molecule has 2 nitrogen and oxygen atoms in total. The molecule has 0 N–H and O–H groups in total.